The van der Waals surface area contributed by atoms with E-state index in [1.807, 2.05) is 0 Å². The summed E-state index contributed by atoms with van der Waals surface area (Å²) in [5.74, 6) is -0.529. The van der Waals surface area contributed by atoms with Crippen molar-refractivity contribution in [3.63, 3.8) is 0 Å². The first kappa shape index (κ1) is 13.1. The van der Waals surface area contributed by atoms with Crippen molar-refractivity contribution < 1.29 is 19.2 Å². The van der Waals surface area contributed by atoms with E-state index >= 15 is 0 Å². The van der Waals surface area contributed by atoms with Gasteiger partial charge >= 0.3 is 5.97 Å². The van der Waals surface area contributed by atoms with Crippen LogP contribution in [0.25, 0.3) is 0 Å². The van der Waals surface area contributed by atoms with Gasteiger partial charge in [-0.05, 0) is 6.92 Å². The number of thiol groups is 1. The molecule has 0 aliphatic carbocycles. The Balaban J connectivity index is 0. The minimum atomic E-state index is -0.560. The van der Waals surface area contributed by atoms with Crippen molar-refractivity contribution in [1.82, 2.24) is 0 Å². The maximum atomic E-state index is 9.76. The van der Waals surface area contributed by atoms with Crippen LogP contribution in [0.5, 0.6) is 0 Å². The van der Waals surface area contributed by atoms with Crippen molar-refractivity contribution >= 4 is 18.9 Å². The summed E-state index contributed by atoms with van der Waals surface area (Å²) >= 11 is 3.17. The van der Waals surface area contributed by atoms with E-state index in [0.29, 0.717) is 0 Å². The summed E-state index contributed by atoms with van der Waals surface area (Å²) in [5, 5.41) is 16.0. The lowest BCUT2D eigenvalue weighted by Crippen LogP contribution is -2.03. The number of hydrogen-bond acceptors (Lipinski definition) is 5. The first-order valence-corrected chi connectivity index (χ1v) is 3.21. The van der Waals surface area contributed by atoms with E-state index in [0.717, 1.165) is 6.08 Å². The largest absolute Gasteiger partial charge is 0.394 e. The van der Waals surface area contributed by atoms with E-state index in [2.05, 4.69) is 23.7 Å². The Morgan fingerprint density at radius 2 is 2.27 bits per heavy atom. The fraction of sp³-hybridized carbons (Fsp3) is 0.500. The molecule has 11 heavy (non-hydrogen) atoms. The van der Waals surface area contributed by atoms with Crippen LogP contribution in [0.15, 0.2) is 12.7 Å². The molecule has 0 aliphatic rings. The number of aliphatic hydroxyl groups is 2. The molecule has 0 amide bonds. The molecule has 2 N–H and O–H groups in total. The maximum absolute atomic E-state index is 9.76. The third kappa shape index (κ3) is 17.7. The number of carbonyl (C=O) groups is 1. The highest BCUT2D eigenvalue weighted by molar-refractivity contribution is 7.75. The van der Waals surface area contributed by atoms with Crippen LogP contribution in [0.2, 0.25) is 0 Å². The van der Waals surface area contributed by atoms with Crippen LogP contribution < -0.4 is 0 Å². The molecule has 0 bridgehead atoms. The monoisotopic (exact) mass is 180 g/mol. The van der Waals surface area contributed by atoms with E-state index in [1.54, 1.807) is 0 Å². The summed E-state index contributed by atoms with van der Waals surface area (Å²) in [7, 11) is 0. The Morgan fingerprint density at radius 3 is 2.27 bits per heavy atom. The molecular formula is C6H12O4S. The lowest BCUT2D eigenvalue weighted by Gasteiger charge is -1.90. The lowest BCUT2D eigenvalue weighted by atomic mass is 10.5. The van der Waals surface area contributed by atoms with Crippen molar-refractivity contribution in [2.75, 3.05) is 6.61 Å². The number of aliphatic hydroxyl groups excluding tert-OH is 2. The van der Waals surface area contributed by atoms with Gasteiger partial charge in [0.05, 0.1) is 12.7 Å². The molecule has 0 fully saturated rings. The van der Waals surface area contributed by atoms with Crippen LogP contribution >= 0.6 is 12.9 Å². The van der Waals surface area contributed by atoms with Crippen LogP contribution in [0.4, 0.5) is 0 Å². The van der Waals surface area contributed by atoms with Crippen molar-refractivity contribution in [2.45, 2.75) is 13.0 Å². The summed E-state index contributed by atoms with van der Waals surface area (Å²) in [6.45, 7) is 4.50. The first-order valence-electron chi connectivity index (χ1n) is 2.85. The van der Waals surface area contributed by atoms with Gasteiger partial charge in [-0.1, -0.05) is 6.58 Å². The van der Waals surface area contributed by atoms with E-state index in [-0.39, 0.29) is 6.61 Å². The summed E-state index contributed by atoms with van der Waals surface area (Å²) in [6.07, 6.45) is 0.475. The van der Waals surface area contributed by atoms with Crippen LogP contribution in [-0.2, 0) is 8.98 Å². The fourth-order valence-corrected chi connectivity index (χ4v) is 0.112. The number of hydrogen-bond donors (Lipinski definition) is 3. The summed E-state index contributed by atoms with van der Waals surface area (Å²) in [6, 6.07) is 0. The van der Waals surface area contributed by atoms with Crippen LogP contribution in [0, 0.1) is 0 Å². The van der Waals surface area contributed by atoms with Gasteiger partial charge in [0.2, 0.25) is 0 Å². The first-order chi connectivity index (χ1) is 5.08. The van der Waals surface area contributed by atoms with Crippen LogP contribution in [-0.4, -0.2) is 28.9 Å². The summed E-state index contributed by atoms with van der Waals surface area (Å²) < 4.78 is 3.84. The van der Waals surface area contributed by atoms with E-state index < -0.39 is 12.1 Å². The standard InChI is InChI=1S/C3H4O2S.C3H8O2/c1-2-3(4)5-6;1-3(5)2-4/h2,6H,1H2;3-5H,2H2,1H3. The molecular weight excluding hydrogens is 168 g/mol. The SMILES string of the molecule is C=CC(=O)OS.CC(O)CO. The molecule has 1 atom stereocenters. The van der Waals surface area contributed by atoms with E-state index in [1.165, 1.54) is 6.92 Å². The third-order valence-electron chi connectivity index (χ3n) is 0.521. The highest BCUT2D eigenvalue weighted by Gasteiger charge is 1.83. The van der Waals surface area contributed by atoms with E-state index in [9.17, 15) is 4.79 Å². The van der Waals surface area contributed by atoms with Gasteiger partial charge < -0.3 is 14.4 Å². The summed E-state index contributed by atoms with van der Waals surface area (Å²) in [5.41, 5.74) is 0. The van der Waals surface area contributed by atoms with Gasteiger partial charge in [-0.3, -0.25) is 0 Å². The normalized spacial score (nSPS) is 10.5. The zero-order valence-corrected chi connectivity index (χ0v) is 7.12. The molecule has 4 nitrogen and oxygen atoms in total. The predicted molar refractivity (Wildman–Crippen MR) is 44.0 cm³/mol. The van der Waals surface area contributed by atoms with Gasteiger partial charge in [0, 0.05) is 19.0 Å². The average Bonchev–Trinajstić information content (AvgIpc) is 2.04. The molecule has 0 aromatic rings. The quantitative estimate of drug-likeness (QED) is 0.316. The lowest BCUT2D eigenvalue weighted by molar-refractivity contribution is -0.127. The van der Waals surface area contributed by atoms with Gasteiger partial charge in [-0.2, -0.15) is 0 Å². The average molecular weight is 180 g/mol. The van der Waals surface area contributed by atoms with Crippen molar-refractivity contribution in [2.24, 2.45) is 0 Å². The minimum absolute atomic E-state index is 0.139. The van der Waals surface area contributed by atoms with Gasteiger partial charge in [-0.25, -0.2) is 4.79 Å². The Bertz CT molecular complexity index is 113. The maximum Gasteiger partial charge on any atom is 0.341 e. The molecule has 0 spiro atoms. The smallest absolute Gasteiger partial charge is 0.341 e. The van der Waals surface area contributed by atoms with Crippen molar-refractivity contribution in [3.8, 4) is 0 Å². The van der Waals surface area contributed by atoms with E-state index in [4.69, 9.17) is 10.2 Å². The van der Waals surface area contributed by atoms with Gasteiger partial charge in [0.15, 0.2) is 0 Å². The van der Waals surface area contributed by atoms with Gasteiger partial charge in [0.25, 0.3) is 0 Å². The Hall–Kier alpha value is -0.520. The number of rotatable bonds is 2. The second-order valence-corrected chi connectivity index (χ2v) is 1.83. The molecule has 0 radical (unpaired) electrons. The van der Waals surface area contributed by atoms with Crippen LogP contribution in [0.3, 0.4) is 0 Å². The molecule has 5 heteroatoms. The molecule has 1 unspecified atom stereocenters. The molecule has 0 aliphatic heterocycles. The van der Waals surface area contributed by atoms with Crippen molar-refractivity contribution in [1.29, 1.82) is 0 Å². The Kier molecular flexibility index (Phi) is 11.3. The topological polar surface area (TPSA) is 66.8 Å². The zero-order chi connectivity index (χ0) is 9.28. The molecule has 0 saturated heterocycles. The highest BCUT2D eigenvalue weighted by Crippen LogP contribution is 1.78. The number of carbonyl (C=O) groups excluding carboxylic acids is 1. The van der Waals surface area contributed by atoms with Gasteiger partial charge in [-0.15, -0.1) is 0 Å². The molecule has 66 valence electrons. The predicted octanol–water partition coefficient (Wildman–Crippen LogP) is -0.0801. The van der Waals surface area contributed by atoms with Gasteiger partial charge in [0.1, 0.15) is 0 Å². The second-order valence-electron chi connectivity index (χ2n) is 1.65. The molecule has 0 aromatic heterocycles. The highest BCUT2D eigenvalue weighted by atomic mass is 32.1. The molecule has 0 heterocycles. The summed E-state index contributed by atoms with van der Waals surface area (Å²) in [4.78, 5) is 9.76. The Morgan fingerprint density at radius 1 is 1.91 bits per heavy atom. The minimum Gasteiger partial charge on any atom is -0.394 e. The molecule has 0 saturated carbocycles. The zero-order valence-electron chi connectivity index (χ0n) is 6.23. The fourth-order valence-electron chi connectivity index (χ4n) is 0.0373. The second kappa shape index (κ2) is 9.48. The third-order valence-corrected chi connectivity index (χ3v) is 0.701. The van der Waals surface area contributed by atoms with Crippen molar-refractivity contribution in [3.05, 3.63) is 12.7 Å². The van der Waals surface area contributed by atoms with Crippen LogP contribution in [0.1, 0.15) is 6.92 Å². The molecule has 0 rings (SSSR count). The molecule has 0 aromatic carbocycles. The Labute approximate surface area is 71.1 Å².